The molecule has 2 N–H and O–H groups in total. The van der Waals surface area contributed by atoms with Crippen LogP contribution >= 0.6 is 0 Å². The topological polar surface area (TPSA) is 47.7 Å². The summed E-state index contributed by atoms with van der Waals surface area (Å²) < 4.78 is 13.5. The second kappa shape index (κ2) is 9.80. The molecule has 0 unspecified atom stereocenters. The summed E-state index contributed by atoms with van der Waals surface area (Å²) >= 11 is 0. The Balaban J connectivity index is 1.58. The van der Waals surface area contributed by atoms with Gasteiger partial charge in [0.25, 0.3) is 0 Å². The van der Waals surface area contributed by atoms with Gasteiger partial charge in [-0.1, -0.05) is 55.1 Å². The molecule has 5 heteroatoms. The highest BCUT2D eigenvalue weighted by atomic mass is 19.1. The molecule has 0 radical (unpaired) electrons. The Hall–Kier alpha value is -4.22. The van der Waals surface area contributed by atoms with Crippen LogP contribution in [0.4, 0.5) is 4.39 Å². The third-order valence-corrected chi connectivity index (χ3v) is 6.38. The van der Waals surface area contributed by atoms with Gasteiger partial charge in [-0.2, -0.15) is 5.10 Å². The van der Waals surface area contributed by atoms with Gasteiger partial charge in [0.15, 0.2) is 0 Å². The first kappa shape index (κ1) is 23.5. The Morgan fingerprint density at radius 3 is 2.53 bits per heavy atom. The maximum absolute atomic E-state index is 13.5. The van der Waals surface area contributed by atoms with Crippen molar-refractivity contribution in [2.45, 2.75) is 6.92 Å². The van der Waals surface area contributed by atoms with Crippen molar-refractivity contribution in [3.05, 3.63) is 108 Å². The van der Waals surface area contributed by atoms with Gasteiger partial charge in [0.1, 0.15) is 11.5 Å². The molecule has 5 rings (SSSR count). The highest BCUT2D eigenvalue weighted by Gasteiger charge is 2.14. The van der Waals surface area contributed by atoms with Gasteiger partial charge in [-0.15, -0.1) is 0 Å². The predicted molar refractivity (Wildman–Crippen MR) is 149 cm³/mol. The van der Waals surface area contributed by atoms with Gasteiger partial charge in [-0.3, -0.25) is 5.10 Å². The summed E-state index contributed by atoms with van der Waals surface area (Å²) in [5.41, 5.74) is 9.22. The SMILES string of the molecule is C=C/C(=C\C(=C/C)c1ccc2[nH]nc(-c3cc4c(-c5ccc(F)cc5)cccc4[nH]3)c2c1)CN(C)C. The van der Waals surface area contributed by atoms with E-state index < -0.39 is 0 Å². The summed E-state index contributed by atoms with van der Waals surface area (Å²) in [7, 11) is 4.11. The minimum Gasteiger partial charge on any atom is -0.353 e. The van der Waals surface area contributed by atoms with Crippen molar-refractivity contribution in [3.63, 3.8) is 0 Å². The normalized spacial score (nSPS) is 12.7. The molecule has 0 aliphatic rings. The van der Waals surface area contributed by atoms with E-state index in [1.807, 2.05) is 24.3 Å². The van der Waals surface area contributed by atoms with E-state index in [1.54, 1.807) is 0 Å². The van der Waals surface area contributed by atoms with Crippen molar-refractivity contribution in [2.24, 2.45) is 0 Å². The minimum atomic E-state index is -0.239. The lowest BCUT2D eigenvalue weighted by atomic mass is 9.99. The first-order chi connectivity index (χ1) is 17.5. The summed E-state index contributed by atoms with van der Waals surface area (Å²) in [6, 6.07) is 21.2. The smallest absolute Gasteiger partial charge is 0.123 e. The first-order valence-corrected chi connectivity index (χ1v) is 12.0. The van der Waals surface area contributed by atoms with Crippen molar-refractivity contribution in [1.29, 1.82) is 0 Å². The lowest BCUT2D eigenvalue weighted by molar-refractivity contribution is 0.449. The third kappa shape index (κ3) is 4.53. The minimum absolute atomic E-state index is 0.239. The number of halogens is 1. The predicted octanol–water partition coefficient (Wildman–Crippen LogP) is 7.59. The number of benzene rings is 3. The average molecular weight is 477 g/mol. The van der Waals surface area contributed by atoms with Crippen molar-refractivity contribution in [1.82, 2.24) is 20.1 Å². The van der Waals surface area contributed by atoms with Crippen LogP contribution in [0.15, 0.2) is 97.1 Å². The van der Waals surface area contributed by atoms with E-state index in [9.17, 15) is 4.39 Å². The molecule has 36 heavy (non-hydrogen) atoms. The molecule has 0 aliphatic heterocycles. The second-order valence-corrected chi connectivity index (χ2v) is 9.19. The van der Waals surface area contributed by atoms with Crippen LogP contribution < -0.4 is 0 Å². The van der Waals surface area contributed by atoms with E-state index in [0.29, 0.717) is 0 Å². The summed E-state index contributed by atoms with van der Waals surface area (Å²) in [4.78, 5) is 5.67. The van der Waals surface area contributed by atoms with Gasteiger partial charge in [-0.05, 0) is 85.3 Å². The van der Waals surface area contributed by atoms with Crippen molar-refractivity contribution >= 4 is 27.4 Å². The number of aromatic amines is 2. The zero-order chi connectivity index (χ0) is 25.2. The number of rotatable bonds is 7. The van der Waals surface area contributed by atoms with Crippen LogP contribution in [0.5, 0.6) is 0 Å². The quantitative estimate of drug-likeness (QED) is 0.238. The number of allylic oxidation sites excluding steroid dienone is 3. The third-order valence-electron chi connectivity index (χ3n) is 6.38. The number of aromatic nitrogens is 3. The van der Waals surface area contributed by atoms with E-state index in [-0.39, 0.29) is 5.82 Å². The fraction of sp³-hybridized carbons (Fsp3) is 0.129. The van der Waals surface area contributed by atoms with Gasteiger partial charge in [0.2, 0.25) is 0 Å². The van der Waals surface area contributed by atoms with Gasteiger partial charge in [-0.25, -0.2) is 4.39 Å². The van der Waals surface area contributed by atoms with Crippen LogP contribution in [-0.4, -0.2) is 40.7 Å². The van der Waals surface area contributed by atoms with E-state index >= 15 is 0 Å². The highest BCUT2D eigenvalue weighted by Crippen LogP contribution is 2.35. The number of hydrogen-bond acceptors (Lipinski definition) is 2. The molecule has 2 heterocycles. The second-order valence-electron chi connectivity index (χ2n) is 9.19. The molecule has 0 spiro atoms. The maximum Gasteiger partial charge on any atom is 0.123 e. The first-order valence-electron chi connectivity index (χ1n) is 12.0. The number of H-pyrrole nitrogens is 2. The molecule has 3 aromatic carbocycles. The molecule has 0 bridgehead atoms. The monoisotopic (exact) mass is 476 g/mol. The number of nitrogens with one attached hydrogen (secondary N) is 2. The Morgan fingerprint density at radius 1 is 1.00 bits per heavy atom. The molecule has 0 saturated carbocycles. The number of hydrogen-bond donors (Lipinski definition) is 2. The van der Waals surface area contributed by atoms with E-state index in [2.05, 4.69) is 96.2 Å². The van der Waals surface area contributed by atoms with E-state index in [4.69, 9.17) is 0 Å². The number of likely N-dealkylation sites (N-methyl/N-ethyl adjacent to an activating group) is 1. The molecule has 5 aromatic rings. The van der Waals surface area contributed by atoms with Crippen molar-refractivity contribution in [3.8, 4) is 22.5 Å². The van der Waals surface area contributed by atoms with Gasteiger partial charge >= 0.3 is 0 Å². The molecule has 0 saturated heterocycles. The molecular formula is C31H29FN4. The van der Waals surface area contributed by atoms with Crippen LogP contribution in [0.25, 0.3) is 49.9 Å². The standard InChI is InChI=1S/C31H29FN4/c1-5-20(19-36(3)4)16-21(6-2)23-12-15-29-27(17-23)31(35-34-29)30-18-26-25(8-7-9-28(26)33-30)22-10-13-24(32)14-11-22/h5-18,33H,1,19H2,2-4H3,(H,34,35)/b20-16+,21-6+. The Bertz CT molecular complexity index is 1610. The van der Waals surface area contributed by atoms with Gasteiger partial charge < -0.3 is 9.88 Å². The number of fused-ring (bicyclic) bond motifs is 2. The molecule has 0 atom stereocenters. The van der Waals surface area contributed by atoms with Crippen LogP contribution in [0, 0.1) is 5.82 Å². The molecular weight excluding hydrogens is 447 g/mol. The zero-order valence-corrected chi connectivity index (χ0v) is 20.8. The van der Waals surface area contributed by atoms with Crippen molar-refractivity contribution in [2.75, 3.05) is 20.6 Å². The molecule has 4 nitrogen and oxygen atoms in total. The highest BCUT2D eigenvalue weighted by molar-refractivity contribution is 6.01. The average Bonchev–Trinajstić information content (AvgIpc) is 3.50. The summed E-state index contributed by atoms with van der Waals surface area (Å²) in [6.45, 7) is 6.86. The maximum atomic E-state index is 13.5. The number of nitrogens with zero attached hydrogens (tertiary/aromatic N) is 2. The molecule has 0 aliphatic carbocycles. The van der Waals surface area contributed by atoms with Crippen LogP contribution in [0.1, 0.15) is 12.5 Å². The van der Waals surface area contributed by atoms with E-state index in [0.717, 1.165) is 67.6 Å². The summed E-state index contributed by atoms with van der Waals surface area (Å²) in [5, 5.41) is 9.95. The summed E-state index contributed by atoms with van der Waals surface area (Å²) in [6.07, 6.45) is 6.22. The molecule has 180 valence electrons. The van der Waals surface area contributed by atoms with Gasteiger partial charge in [0.05, 0.1) is 11.2 Å². The lowest BCUT2D eigenvalue weighted by Gasteiger charge is -2.11. The molecule has 0 amide bonds. The Labute approximate surface area is 210 Å². The van der Waals surface area contributed by atoms with Crippen LogP contribution in [-0.2, 0) is 0 Å². The Kier molecular flexibility index (Phi) is 6.40. The lowest BCUT2D eigenvalue weighted by Crippen LogP contribution is -2.14. The fourth-order valence-electron chi connectivity index (χ4n) is 4.63. The van der Waals surface area contributed by atoms with Crippen molar-refractivity contribution < 1.29 is 4.39 Å². The van der Waals surface area contributed by atoms with Gasteiger partial charge in [0, 0.05) is 22.8 Å². The van der Waals surface area contributed by atoms with Crippen LogP contribution in [0.3, 0.4) is 0 Å². The summed E-state index contributed by atoms with van der Waals surface area (Å²) in [5.74, 6) is -0.239. The zero-order valence-electron chi connectivity index (χ0n) is 20.8. The van der Waals surface area contributed by atoms with Crippen LogP contribution in [0.2, 0.25) is 0 Å². The largest absolute Gasteiger partial charge is 0.353 e. The Morgan fingerprint density at radius 2 is 1.81 bits per heavy atom. The fourth-order valence-corrected chi connectivity index (χ4v) is 4.63. The molecule has 2 aromatic heterocycles. The molecule has 0 fully saturated rings. The van der Waals surface area contributed by atoms with E-state index in [1.165, 1.54) is 12.1 Å².